The maximum atomic E-state index is 13.1. The minimum absolute atomic E-state index is 0.0179. The molecule has 7 heteroatoms. The van der Waals surface area contributed by atoms with Crippen LogP contribution in [-0.4, -0.2) is 57.5 Å². The van der Waals surface area contributed by atoms with E-state index in [0.717, 1.165) is 21.8 Å². The van der Waals surface area contributed by atoms with Crippen LogP contribution < -0.4 is 0 Å². The van der Waals surface area contributed by atoms with Crippen molar-refractivity contribution in [1.82, 2.24) is 20.0 Å². The van der Waals surface area contributed by atoms with E-state index in [2.05, 4.69) is 10.2 Å². The Hall–Kier alpha value is -3.19. The van der Waals surface area contributed by atoms with Gasteiger partial charge in [0.25, 0.3) is 5.91 Å². The first-order valence-corrected chi connectivity index (χ1v) is 12.2. The van der Waals surface area contributed by atoms with E-state index >= 15 is 0 Å². The highest BCUT2D eigenvalue weighted by molar-refractivity contribution is 7.98. The van der Waals surface area contributed by atoms with Crippen molar-refractivity contribution in [3.63, 3.8) is 0 Å². The first-order valence-electron chi connectivity index (χ1n) is 11.2. The summed E-state index contributed by atoms with van der Waals surface area (Å²) in [5.41, 5.74) is 3.64. The van der Waals surface area contributed by atoms with Crippen LogP contribution in [0.1, 0.15) is 36.2 Å². The van der Waals surface area contributed by atoms with Crippen LogP contribution in [0.25, 0.3) is 11.3 Å². The number of nitrogens with zero attached hydrogens (tertiary/aromatic N) is 4. The van der Waals surface area contributed by atoms with Gasteiger partial charge in [0.05, 0.1) is 5.69 Å². The van der Waals surface area contributed by atoms with Crippen molar-refractivity contribution in [2.24, 2.45) is 0 Å². The van der Waals surface area contributed by atoms with Gasteiger partial charge in [0, 0.05) is 49.0 Å². The average molecular weight is 461 g/mol. The van der Waals surface area contributed by atoms with Crippen LogP contribution in [0.2, 0.25) is 0 Å². The summed E-state index contributed by atoms with van der Waals surface area (Å²) in [6.45, 7) is 5.60. The largest absolute Gasteiger partial charge is 0.336 e. The molecule has 0 bridgehead atoms. The Morgan fingerprint density at radius 3 is 2.52 bits per heavy atom. The van der Waals surface area contributed by atoms with E-state index in [9.17, 15) is 9.59 Å². The Bertz CT molecular complexity index is 1100. The molecular weight excluding hydrogens is 432 g/mol. The van der Waals surface area contributed by atoms with E-state index in [1.807, 2.05) is 90.4 Å². The summed E-state index contributed by atoms with van der Waals surface area (Å²) in [6.07, 6.45) is 0.497. The molecule has 2 heterocycles. The van der Waals surface area contributed by atoms with Crippen LogP contribution in [0, 0.1) is 0 Å². The molecule has 1 aliphatic heterocycles. The molecule has 1 atom stereocenters. The molecule has 1 fully saturated rings. The molecule has 170 valence electrons. The highest BCUT2D eigenvalue weighted by atomic mass is 32.2. The minimum atomic E-state index is 0.0179. The highest BCUT2D eigenvalue weighted by Crippen LogP contribution is 2.24. The molecular formula is C26H28N4O2S. The zero-order chi connectivity index (χ0) is 23.2. The number of rotatable bonds is 6. The molecule has 3 aromatic rings. The topological polar surface area (TPSA) is 66.4 Å². The molecule has 0 saturated carbocycles. The van der Waals surface area contributed by atoms with Crippen LogP contribution in [0.3, 0.4) is 0 Å². The van der Waals surface area contributed by atoms with E-state index in [1.54, 1.807) is 11.8 Å². The molecule has 1 aliphatic rings. The number of carbonyl (C=O) groups excluding carboxylic acids is 2. The zero-order valence-corrected chi connectivity index (χ0v) is 19.8. The normalized spacial score (nSPS) is 16.0. The van der Waals surface area contributed by atoms with Crippen LogP contribution in [0.4, 0.5) is 0 Å². The Labute approximate surface area is 199 Å². The van der Waals surface area contributed by atoms with E-state index < -0.39 is 0 Å². The number of piperazine rings is 1. The maximum absolute atomic E-state index is 13.1. The molecule has 0 spiro atoms. The lowest BCUT2D eigenvalue weighted by molar-refractivity contribution is -0.134. The highest BCUT2D eigenvalue weighted by Gasteiger charge is 2.29. The van der Waals surface area contributed by atoms with Crippen molar-refractivity contribution in [3.05, 3.63) is 77.9 Å². The molecule has 6 nitrogen and oxygen atoms in total. The van der Waals surface area contributed by atoms with Gasteiger partial charge in [-0.25, -0.2) is 0 Å². The van der Waals surface area contributed by atoms with E-state index in [0.29, 0.717) is 37.4 Å². The molecule has 0 radical (unpaired) electrons. The van der Waals surface area contributed by atoms with Gasteiger partial charge in [-0.1, -0.05) is 61.2 Å². The number of hydrogen-bond donors (Lipinski definition) is 0. The average Bonchev–Trinajstić information content (AvgIpc) is 2.87. The molecule has 33 heavy (non-hydrogen) atoms. The summed E-state index contributed by atoms with van der Waals surface area (Å²) >= 11 is 1.60. The Morgan fingerprint density at radius 2 is 1.82 bits per heavy atom. The Morgan fingerprint density at radius 1 is 1.00 bits per heavy atom. The lowest BCUT2D eigenvalue weighted by atomic mass is 10.1. The maximum Gasteiger partial charge on any atom is 0.253 e. The van der Waals surface area contributed by atoms with Gasteiger partial charge in [-0.2, -0.15) is 0 Å². The fraction of sp³-hybridized carbons (Fsp3) is 0.308. The van der Waals surface area contributed by atoms with Gasteiger partial charge in [0.15, 0.2) is 0 Å². The SMILES string of the molecule is CCC(=O)N1CCN(C(=O)c2cccc(CSc3ccc(-c4ccccc4)nn3)c2)CC1C. The van der Waals surface area contributed by atoms with Gasteiger partial charge in [-0.05, 0) is 36.8 Å². The summed E-state index contributed by atoms with van der Waals surface area (Å²) in [5, 5.41) is 9.53. The van der Waals surface area contributed by atoms with Crippen LogP contribution in [0.5, 0.6) is 0 Å². The van der Waals surface area contributed by atoms with Crippen molar-refractivity contribution in [2.45, 2.75) is 37.1 Å². The van der Waals surface area contributed by atoms with E-state index in [1.165, 1.54) is 0 Å². The van der Waals surface area contributed by atoms with Gasteiger partial charge in [-0.3, -0.25) is 9.59 Å². The fourth-order valence-corrected chi connectivity index (χ4v) is 4.77. The number of hydrogen-bond acceptors (Lipinski definition) is 5. The second-order valence-corrected chi connectivity index (χ2v) is 9.15. The van der Waals surface area contributed by atoms with Crippen molar-refractivity contribution >= 4 is 23.6 Å². The lowest BCUT2D eigenvalue weighted by Crippen LogP contribution is -2.55. The number of benzene rings is 2. The standard InChI is InChI=1S/C26H28N4O2S/c1-3-25(31)30-15-14-29(17-19(30)2)26(32)22-11-7-8-20(16-22)18-33-24-13-12-23(27-28-24)21-9-5-4-6-10-21/h4-13,16,19H,3,14-15,17-18H2,1-2H3. The van der Waals surface area contributed by atoms with Crippen LogP contribution >= 0.6 is 11.8 Å². The third-order valence-corrected chi connectivity index (χ3v) is 6.80. The van der Waals surface area contributed by atoms with Gasteiger partial charge >= 0.3 is 0 Å². The smallest absolute Gasteiger partial charge is 0.253 e. The number of amides is 2. The van der Waals surface area contributed by atoms with E-state index in [4.69, 9.17) is 0 Å². The lowest BCUT2D eigenvalue weighted by Gasteiger charge is -2.40. The summed E-state index contributed by atoms with van der Waals surface area (Å²) in [7, 11) is 0. The second kappa shape index (κ2) is 10.6. The summed E-state index contributed by atoms with van der Waals surface area (Å²) in [5.74, 6) is 0.869. The molecule has 2 aromatic carbocycles. The molecule has 1 unspecified atom stereocenters. The van der Waals surface area contributed by atoms with Gasteiger partial charge in [-0.15, -0.1) is 10.2 Å². The third kappa shape index (κ3) is 5.60. The molecule has 2 amide bonds. The minimum Gasteiger partial charge on any atom is -0.336 e. The first kappa shape index (κ1) is 23.0. The van der Waals surface area contributed by atoms with Crippen LogP contribution in [0.15, 0.2) is 71.8 Å². The van der Waals surface area contributed by atoms with Crippen LogP contribution in [-0.2, 0) is 10.5 Å². The molecule has 0 N–H and O–H groups in total. The zero-order valence-electron chi connectivity index (χ0n) is 19.0. The number of aromatic nitrogens is 2. The first-order chi connectivity index (χ1) is 16.0. The fourth-order valence-electron chi connectivity index (χ4n) is 4.01. The summed E-state index contributed by atoms with van der Waals surface area (Å²) < 4.78 is 0. The second-order valence-electron chi connectivity index (χ2n) is 8.15. The van der Waals surface area contributed by atoms with Crippen molar-refractivity contribution < 1.29 is 9.59 Å². The molecule has 1 aromatic heterocycles. The predicted octanol–water partition coefficient (Wildman–Crippen LogP) is 4.52. The Kier molecular flexibility index (Phi) is 7.40. The Balaban J connectivity index is 1.36. The van der Waals surface area contributed by atoms with Crippen molar-refractivity contribution in [3.8, 4) is 11.3 Å². The number of carbonyl (C=O) groups is 2. The van der Waals surface area contributed by atoms with Crippen molar-refractivity contribution in [1.29, 1.82) is 0 Å². The molecule has 1 saturated heterocycles. The quantitative estimate of drug-likeness (QED) is 0.506. The predicted molar refractivity (Wildman–Crippen MR) is 131 cm³/mol. The monoisotopic (exact) mass is 460 g/mol. The third-order valence-electron chi connectivity index (χ3n) is 5.81. The summed E-state index contributed by atoms with van der Waals surface area (Å²) in [6, 6.07) is 21.7. The van der Waals surface area contributed by atoms with E-state index in [-0.39, 0.29) is 17.9 Å². The van der Waals surface area contributed by atoms with Gasteiger partial charge < -0.3 is 9.80 Å². The molecule has 4 rings (SSSR count). The molecule has 0 aliphatic carbocycles. The number of thioether (sulfide) groups is 1. The summed E-state index contributed by atoms with van der Waals surface area (Å²) in [4.78, 5) is 28.9. The van der Waals surface area contributed by atoms with Crippen molar-refractivity contribution in [2.75, 3.05) is 19.6 Å². The van der Waals surface area contributed by atoms with Gasteiger partial charge in [0.1, 0.15) is 5.03 Å². The van der Waals surface area contributed by atoms with Gasteiger partial charge in [0.2, 0.25) is 5.91 Å².